The van der Waals surface area contributed by atoms with E-state index >= 15 is 0 Å². The molecule has 3 nitrogen and oxygen atoms in total. The van der Waals surface area contributed by atoms with Gasteiger partial charge in [-0.2, -0.15) is 0 Å². The molecule has 1 unspecified atom stereocenters. The van der Waals surface area contributed by atoms with Gasteiger partial charge in [-0.05, 0) is 17.6 Å². The Balaban J connectivity index is 2.12. The molecule has 0 radical (unpaired) electrons. The number of aliphatic hydroxyl groups is 1. The summed E-state index contributed by atoms with van der Waals surface area (Å²) in [5.74, 6) is 0.0333. The lowest BCUT2D eigenvalue weighted by Crippen LogP contribution is -2.12. The average Bonchev–Trinajstić information content (AvgIpc) is 2.48. The first-order valence-corrected chi connectivity index (χ1v) is 4.92. The Bertz CT molecular complexity index is 607. The highest BCUT2D eigenvalue weighted by Gasteiger charge is 2.05. The van der Waals surface area contributed by atoms with Gasteiger partial charge in [0.1, 0.15) is 5.82 Å². The number of nitrogens with zero attached hydrogens (tertiary/aromatic N) is 1. The summed E-state index contributed by atoms with van der Waals surface area (Å²) in [6.45, 7) is 0.110. The second-order valence-corrected chi connectivity index (χ2v) is 3.25. The first-order valence-electron chi connectivity index (χ1n) is 6.92. The Morgan fingerprint density at radius 2 is 2.12 bits per heavy atom. The fraction of sp³-hybridized carbons (Fsp3) is 0.154. The van der Waals surface area contributed by atoms with Crippen LogP contribution in [0.15, 0.2) is 54.6 Å². The molecule has 16 heavy (non-hydrogen) atoms. The van der Waals surface area contributed by atoms with E-state index in [1.54, 1.807) is 12.1 Å². The smallest absolute Gasteiger partial charge is 0.125 e. The van der Waals surface area contributed by atoms with E-state index in [2.05, 4.69) is 10.3 Å². The number of hydrogen-bond donors (Lipinski definition) is 2. The molecule has 1 aromatic carbocycles. The molecular formula is C13H14N2O. The molecule has 0 aliphatic carbocycles. The third-order valence-electron chi connectivity index (χ3n) is 2.11. The van der Waals surface area contributed by atoms with E-state index in [1.165, 1.54) is 0 Å². The Kier molecular flexibility index (Phi) is 2.20. The molecule has 0 saturated carbocycles. The normalized spacial score (nSPS) is 15.6. The van der Waals surface area contributed by atoms with Crippen LogP contribution in [0.2, 0.25) is 0 Å². The molecule has 1 atom stereocenters. The molecule has 0 aliphatic heterocycles. The monoisotopic (exact) mass is 218 g/mol. The van der Waals surface area contributed by atoms with Crippen molar-refractivity contribution in [3.05, 3.63) is 60.2 Å². The van der Waals surface area contributed by atoms with Gasteiger partial charge in [0.05, 0.1) is 11.6 Å². The van der Waals surface area contributed by atoms with Gasteiger partial charge < -0.3 is 10.4 Å². The number of aromatic nitrogens is 1. The average molecular weight is 218 g/mol. The van der Waals surface area contributed by atoms with Crippen LogP contribution in [-0.4, -0.2) is 16.6 Å². The highest BCUT2D eigenvalue weighted by atomic mass is 16.3. The third kappa shape index (κ3) is 2.81. The van der Waals surface area contributed by atoms with Gasteiger partial charge in [0.25, 0.3) is 0 Å². The number of nitrogens with one attached hydrogen (secondary N) is 1. The minimum Gasteiger partial charge on any atom is -0.387 e. The third-order valence-corrected chi connectivity index (χ3v) is 2.11. The van der Waals surface area contributed by atoms with Crippen LogP contribution in [0.4, 0.5) is 5.82 Å². The van der Waals surface area contributed by atoms with Crippen LogP contribution in [0.1, 0.15) is 17.2 Å². The lowest BCUT2D eigenvalue weighted by Gasteiger charge is -2.12. The summed E-state index contributed by atoms with van der Waals surface area (Å²) in [7, 11) is 0. The molecule has 82 valence electrons. The van der Waals surface area contributed by atoms with Gasteiger partial charge in [-0.3, -0.25) is 0 Å². The van der Waals surface area contributed by atoms with Crippen molar-refractivity contribution in [2.24, 2.45) is 0 Å². The molecule has 2 N–H and O–H groups in total. The Labute approximate surface area is 100 Å². The van der Waals surface area contributed by atoms with Crippen molar-refractivity contribution in [1.29, 1.82) is 0 Å². The number of benzene rings is 1. The van der Waals surface area contributed by atoms with Crippen molar-refractivity contribution in [2.45, 2.75) is 6.10 Å². The van der Waals surface area contributed by atoms with E-state index in [0.717, 1.165) is 5.56 Å². The molecule has 0 fully saturated rings. The zero-order chi connectivity index (χ0) is 14.7. The maximum absolute atomic E-state index is 9.98. The second kappa shape index (κ2) is 5.28. The van der Waals surface area contributed by atoms with Crippen LogP contribution < -0.4 is 5.32 Å². The van der Waals surface area contributed by atoms with Gasteiger partial charge in [-0.25, -0.2) is 4.98 Å². The second-order valence-electron chi connectivity index (χ2n) is 3.25. The molecular weight excluding hydrogens is 200 g/mol. The standard InChI is InChI=1S/C13H14N2O/c16-12(11-6-2-1-3-7-11)10-15-13-8-4-5-9-14-13/h1-9,12,16H,10H2,(H,14,15)/i4D,5D,8D,9D. The molecule has 3 heteroatoms. The minimum absolute atomic E-state index is 0.0333. The highest BCUT2D eigenvalue weighted by Crippen LogP contribution is 2.12. The topological polar surface area (TPSA) is 45.2 Å². The molecule has 1 heterocycles. The van der Waals surface area contributed by atoms with Crippen molar-refractivity contribution in [2.75, 3.05) is 11.9 Å². The fourth-order valence-electron chi connectivity index (χ4n) is 1.30. The summed E-state index contributed by atoms with van der Waals surface area (Å²) < 4.78 is 30.1. The maximum atomic E-state index is 9.98. The van der Waals surface area contributed by atoms with Crippen molar-refractivity contribution in [3.63, 3.8) is 0 Å². The summed E-state index contributed by atoms with van der Waals surface area (Å²) in [6.07, 6.45) is -1.14. The maximum Gasteiger partial charge on any atom is 0.125 e. The van der Waals surface area contributed by atoms with E-state index in [4.69, 9.17) is 5.48 Å². The highest BCUT2D eigenvalue weighted by molar-refractivity contribution is 5.33. The van der Waals surface area contributed by atoms with Crippen LogP contribution in [0.25, 0.3) is 0 Å². The molecule has 0 aliphatic rings. The number of hydrogen-bond acceptors (Lipinski definition) is 3. The summed E-state index contributed by atoms with van der Waals surface area (Å²) in [5, 5.41) is 12.7. The predicted molar refractivity (Wildman–Crippen MR) is 64.1 cm³/mol. The van der Waals surface area contributed by atoms with E-state index in [-0.39, 0.29) is 36.7 Å². The van der Waals surface area contributed by atoms with Crippen LogP contribution in [0.3, 0.4) is 0 Å². The lowest BCUT2D eigenvalue weighted by atomic mass is 10.1. The van der Waals surface area contributed by atoms with Crippen molar-refractivity contribution in [3.8, 4) is 0 Å². The van der Waals surface area contributed by atoms with E-state index < -0.39 is 6.10 Å². The number of rotatable bonds is 4. The molecule has 2 rings (SSSR count). The zero-order valence-corrected chi connectivity index (χ0v) is 8.57. The largest absolute Gasteiger partial charge is 0.387 e. The minimum atomic E-state index is -0.781. The van der Waals surface area contributed by atoms with Crippen LogP contribution in [0.5, 0.6) is 0 Å². The molecule has 0 amide bonds. The van der Waals surface area contributed by atoms with Gasteiger partial charge in [-0.1, -0.05) is 36.4 Å². The Morgan fingerprint density at radius 1 is 1.31 bits per heavy atom. The Morgan fingerprint density at radius 3 is 2.94 bits per heavy atom. The van der Waals surface area contributed by atoms with Gasteiger partial charge in [0, 0.05) is 12.7 Å². The SMILES string of the molecule is [2H]c1nc(NCC(O)c2ccccc2)c([2H])c([2H])c1[2H]. The van der Waals surface area contributed by atoms with Gasteiger partial charge in [-0.15, -0.1) is 0 Å². The number of aliphatic hydroxyl groups excluding tert-OH is 1. The molecule has 0 bridgehead atoms. The van der Waals surface area contributed by atoms with Crippen molar-refractivity contribution < 1.29 is 10.6 Å². The van der Waals surface area contributed by atoms with Gasteiger partial charge >= 0.3 is 0 Å². The molecule has 1 aromatic heterocycles. The van der Waals surface area contributed by atoms with Crippen LogP contribution in [-0.2, 0) is 0 Å². The summed E-state index contributed by atoms with van der Waals surface area (Å²) in [4.78, 5) is 3.75. The molecule has 0 saturated heterocycles. The van der Waals surface area contributed by atoms with Crippen LogP contribution in [0, 0.1) is 0 Å². The van der Waals surface area contributed by atoms with Gasteiger partial charge in [0.15, 0.2) is 0 Å². The number of pyridine rings is 1. The van der Waals surface area contributed by atoms with Crippen molar-refractivity contribution in [1.82, 2.24) is 4.98 Å². The van der Waals surface area contributed by atoms with Crippen LogP contribution >= 0.6 is 0 Å². The van der Waals surface area contributed by atoms with Gasteiger partial charge in [0.2, 0.25) is 0 Å². The molecule has 2 aromatic rings. The fourth-order valence-corrected chi connectivity index (χ4v) is 1.30. The summed E-state index contributed by atoms with van der Waals surface area (Å²) >= 11 is 0. The van der Waals surface area contributed by atoms with Crippen molar-refractivity contribution >= 4 is 5.82 Å². The first-order chi connectivity index (χ1) is 9.50. The zero-order valence-electron chi connectivity index (χ0n) is 12.6. The van der Waals surface area contributed by atoms with E-state index in [1.807, 2.05) is 18.2 Å². The lowest BCUT2D eigenvalue weighted by molar-refractivity contribution is 0.191. The van der Waals surface area contributed by atoms with E-state index in [9.17, 15) is 5.11 Å². The molecule has 0 spiro atoms. The van der Waals surface area contributed by atoms with E-state index in [0.29, 0.717) is 0 Å². The summed E-state index contributed by atoms with van der Waals surface area (Å²) in [6, 6.07) is 8.06. The first kappa shape index (κ1) is 6.66. The summed E-state index contributed by atoms with van der Waals surface area (Å²) in [5.41, 5.74) is 0.723. The number of anilines is 1. The Hall–Kier alpha value is -1.87. The quantitative estimate of drug-likeness (QED) is 0.827. The predicted octanol–water partition coefficient (Wildman–Crippen LogP) is 2.23.